The van der Waals surface area contributed by atoms with Gasteiger partial charge in [-0.25, -0.2) is 8.42 Å². The van der Waals surface area contributed by atoms with E-state index in [2.05, 4.69) is 10.0 Å². The second-order valence-electron chi connectivity index (χ2n) is 6.28. The molecule has 0 saturated carbocycles. The molecule has 0 fully saturated rings. The van der Waals surface area contributed by atoms with Crippen molar-refractivity contribution in [3.8, 4) is 11.5 Å². The van der Waals surface area contributed by atoms with Crippen molar-refractivity contribution in [3.05, 3.63) is 76.3 Å². The summed E-state index contributed by atoms with van der Waals surface area (Å²) in [6.45, 7) is 0. The van der Waals surface area contributed by atoms with Gasteiger partial charge in [-0.3, -0.25) is 9.52 Å². The summed E-state index contributed by atoms with van der Waals surface area (Å²) in [7, 11) is -1.08. The van der Waals surface area contributed by atoms with Crippen LogP contribution in [0.15, 0.2) is 65.6 Å². The number of halogens is 2. The Hall–Kier alpha value is -2.94. The normalized spacial score (nSPS) is 11.0. The van der Waals surface area contributed by atoms with Crippen LogP contribution in [0.25, 0.3) is 0 Å². The maximum absolute atomic E-state index is 12.8. The van der Waals surface area contributed by atoms with E-state index in [0.717, 1.165) is 0 Å². The molecular formula is C21H18Cl2N2O5S. The average molecular weight is 481 g/mol. The van der Waals surface area contributed by atoms with Crippen molar-refractivity contribution >= 4 is 50.5 Å². The molecule has 0 saturated heterocycles. The van der Waals surface area contributed by atoms with Crippen molar-refractivity contribution in [1.29, 1.82) is 0 Å². The molecule has 2 N–H and O–H groups in total. The van der Waals surface area contributed by atoms with Crippen LogP contribution in [0.2, 0.25) is 10.0 Å². The van der Waals surface area contributed by atoms with Gasteiger partial charge < -0.3 is 14.8 Å². The lowest BCUT2D eigenvalue weighted by Crippen LogP contribution is -2.16. The molecule has 0 aliphatic heterocycles. The molecule has 3 rings (SSSR count). The Morgan fingerprint density at radius 2 is 1.61 bits per heavy atom. The molecule has 0 spiro atoms. The van der Waals surface area contributed by atoms with Gasteiger partial charge in [0, 0.05) is 22.3 Å². The largest absolute Gasteiger partial charge is 0.497 e. The van der Waals surface area contributed by atoms with E-state index in [-0.39, 0.29) is 15.5 Å². The van der Waals surface area contributed by atoms with Crippen LogP contribution in [0.4, 0.5) is 11.4 Å². The van der Waals surface area contributed by atoms with E-state index in [1.807, 2.05) is 0 Å². The SMILES string of the molecule is COc1ccc(NC(=O)c2ccc(Cl)c(S(=O)(=O)Nc3ccc(Cl)cc3)c2)c(OC)c1. The quantitative estimate of drug-likeness (QED) is 0.492. The molecule has 0 atom stereocenters. The summed E-state index contributed by atoms with van der Waals surface area (Å²) >= 11 is 11.9. The predicted molar refractivity (Wildman–Crippen MR) is 121 cm³/mol. The zero-order chi connectivity index (χ0) is 22.6. The third-order valence-electron chi connectivity index (χ3n) is 4.24. The topological polar surface area (TPSA) is 93.7 Å². The first-order valence-corrected chi connectivity index (χ1v) is 11.1. The maximum atomic E-state index is 12.8. The predicted octanol–water partition coefficient (Wildman–Crippen LogP) is 5.06. The Bertz CT molecular complexity index is 1210. The number of amides is 1. The number of sulfonamides is 1. The molecule has 31 heavy (non-hydrogen) atoms. The minimum atomic E-state index is -4.05. The minimum Gasteiger partial charge on any atom is -0.497 e. The molecule has 3 aromatic rings. The number of benzene rings is 3. The number of carbonyl (C=O) groups excluding carboxylic acids is 1. The number of anilines is 2. The summed E-state index contributed by atoms with van der Waals surface area (Å²) in [5.41, 5.74) is 0.795. The van der Waals surface area contributed by atoms with Crippen molar-refractivity contribution in [2.24, 2.45) is 0 Å². The van der Waals surface area contributed by atoms with Gasteiger partial charge in [0.2, 0.25) is 0 Å². The molecule has 0 unspecified atom stereocenters. The van der Waals surface area contributed by atoms with E-state index in [4.69, 9.17) is 32.7 Å². The molecule has 0 aromatic heterocycles. The molecular weight excluding hydrogens is 463 g/mol. The first kappa shape index (κ1) is 22.7. The number of hydrogen-bond donors (Lipinski definition) is 2. The fourth-order valence-electron chi connectivity index (χ4n) is 2.67. The average Bonchev–Trinajstić information content (AvgIpc) is 2.75. The van der Waals surface area contributed by atoms with Crippen LogP contribution < -0.4 is 19.5 Å². The zero-order valence-electron chi connectivity index (χ0n) is 16.5. The Morgan fingerprint density at radius 1 is 0.903 bits per heavy atom. The molecule has 1 amide bonds. The summed E-state index contributed by atoms with van der Waals surface area (Å²) < 4.78 is 38.4. The van der Waals surface area contributed by atoms with Gasteiger partial charge in [-0.15, -0.1) is 0 Å². The van der Waals surface area contributed by atoms with Crippen LogP contribution >= 0.6 is 23.2 Å². The maximum Gasteiger partial charge on any atom is 0.263 e. The molecule has 0 heterocycles. The van der Waals surface area contributed by atoms with Gasteiger partial charge in [-0.2, -0.15) is 0 Å². The van der Waals surface area contributed by atoms with Gasteiger partial charge in [0.15, 0.2) is 0 Å². The number of rotatable bonds is 7. The summed E-state index contributed by atoms with van der Waals surface area (Å²) in [6.07, 6.45) is 0. The first-order valence-electron chi connectivity index (χ1n) is 8.85. The third kappa shape index (κ3) is 5.41. The number of carbonyl (C=O) groups is 1. The standard InChI is InChI=1S/C21H18Cl2N2O5S/c1-29-16-8-10-18(19(12-16)30-2)24-21(26)13-3-9-17(23)20(11-13)31(27,28)25-15-6-4-14(22)5-7-15/h3-12,25H,1-2H3,(H,24,26). The molecule has 162 valence electrons. The van der Waals surface area contributed by atoms with E-state index in [9.17, 15) is 13.2 Å². The highest BCUT2D eigenvalue weighted by molar-refractivity contribution is 7.92. The van der Waals surface area contributed by atoms with Crippen LogP contribution in [-0.2, 0) is 10.0 Å². The lowest BCUT2D eigenvalue weighted by Gasteiger charge is -2.13. The Morgan fingerprint density at radius 3 is 2.26 bits per heavy atom. The van der Waals surface area contributed by atoms with Gasteiger partial charge in [-0.1, -0.05) is 23.2 Å². The van der Waals surface area contributed by atoms with E-state index in [0.29, 0.717) is 27.9 Å². The number of methoxy groups -OCH3 is 2. The molecule has 3 aromatic carbocycles. The number of hydrogen-bond acceptors (Lipinski definition) is 5. The van der Waals surface area contributed by atoms with Gasteiger partial charge in [-0.05, 0) is 54.6 Å². The minimum absolute atomic E-state index is 0.0277. The summed E-state index contributed by atoms with van der Waals surface area (Å²) in [5, 5.41) is 3.13. The van der Waals surface area contributed by atoms with Crippen molar-refractivity contribution in [2.45, 2.75) is 4.90 Å². The van der Waals surface area contributed by atoms with Crippen LogP contribution in [0.5, 0.6) is 11.5 Å². The summed E-state index contributed by atoms with van der Waals surface area (Å²) in [4.78, 5) is 12.5. The monoisotopic (exact) mass is 480 g/mol. The van der Waals surface area contributed by atoms with Crippen LogP contribution in [0, 0.1) is 0 Å². The van der Waals surface area contributed by atoms with Crippen molar-refractivity contribution in [3.63, 3.8) is 0 Å². The fraction of sp³-hybridized carbons (Fsp3) is 0.0952. The first-order chi connectivity index (χ1) is 14.7. The molecule has 0 bridgehead atoms. The van der Waals surface area contributed by atoms with Gasteiger partial charge in [0.05, 0.1) is 24.9 Å². The van der Waals surface area contributed by atoms with Crippen molar-refractivity contribution < 1.29 is 22.7 Å². The third-order valence-corrected chi connectivity index (χ3v) is 6.35. The second kappa shape index (κ2) is 9.47. The van der Waals surface area contributed by atoms with Crippen LogP contribution in [0.3, 0.4) is 0 Å². The Kier molecular flexibility index (Phi) is 6.94. The van der Waals surface area contributed by atoms with Gasteiger partial charge >= 0.3 is 0 Å². The van der Waals surface area contributed by atoms with Crippen LogP contribution in [-0.4, -0.2) is 28.5 Å². The van der Waals surface area contributed by atoms with E-state index in [1.165, 1.54) is 44.6 Å². The summed E-state index contributed by atoms with van der Waals surface area (Å²) in [5.74, 6) is 0.407. The van der Waals surface area contributed by atoms with E-state index in [1.54, 1.807) is 30.3 Å². The highest BCUT2D eigenvalue weighted by atomic mass is 35.5. The van der Waals surface area contributed by atoms with E-state index >= 15 is 0 Å². The summed E-state index contributed by atoms with van der Waals surface area (Å²) in [6, 6.07) is 15.0. The number of ether oxygens (including phenoxy) is 2. The molecule has 0 aliphatic carbocycles. The fourth-order valence-corrected chi connectivity index (χ4v) is 4.39. The smallest absolute Gasteiger partial charge is 0.263 e. The molecule has 7 nitrogen and oxygen atoms in total. The lowest BCUT2D eigenvalue weighted by molar-refractivity contribution is 0.102. The zero-order valence-corrected chi connectivity index (χ0v) is 18.8. The van der Waals surface area contributed by atoms with E-state index < -0.39 is 15.9 Å². The van der Waals surface area contributed by atoms with Crippen LogP contribution in [0.1, 0.15) is 10.4 Å². The highest BCUT2D eigenvalue weighted by Gasteiger charge is 2.21. The highest BCUT2D eigenvalue weighted by Crippen LogP contribution is 2.30. The lowest BCUT2D eigenvalue weighted by atomic mass is 10.2. The molecule has 0 aliphatic rings. The van der Waals surface area contributed by atoms with Crippen molar-refractivity contribution in [2.75, 3.05) is 24.3 Å². The Labute approximate surface area is 189 Å². The number of nitrogens with one attached hydrogen (secondary N) is 2. The molecule has 0 radical (unpaired) electrons. The second-order valence-corrected chi connectivity index (χ2v) is 8.77. The van der Waals surface area contributed by atoms with Gasteiger partial charge in [0.1, 0.15) is 16.4 Å². The Balaban J connectivity index is 1.88. The molecule has 10 heteroatoms. The van der Waals surface area contributed by atoms with Crippen molar-refractivity contribution in [1.82, 2.24) is 0 Å². The van der Waals surface area contributed by atoms with Gasteiger partial charge in [0.25, 0.3) is 15.9 Å².